The molecule has 0 atom stereocenters. The number of nitrogens with zero attached hydrogens (tertiary/aromatic N) is 4. The second-order valence-corrected chi connectivity index (χ2v) is 10.2. The Morgan fingerprint density at radius 3 is 2.59 bits per heavy atom. The Labute approximate surface area is 165 Å². The first kappa shape index (κ1) is 19.0. The molecule has 2 aliphatic rings. The van der Waals surface area contributed by atoms with Crippen LogP contribution in [0.25, 0.3) is 0 Å². The van der Waals surface area contributed by atoms with E-state index in [1.807, 2.05) is 0 Å². The van der Waals surface area contributed by atoms with Gasteiger partial charge in [0.15, 0.2) is 0 Å². The van der Waals surface area contributed by atoms with E-state index < -0.39 is 10.0 Å². The van der Waals surface area contributed by atoms with Crippen molar-refractivity contribution in [2.24, 2.45) is 0 Å². The van der Waals surface area contributed by atoms with Gasteiger partial charge in [-0.1, -0.05) is 19.3 Å². The highest BCUT2D eigenvalue weighted by Crippen LogP contribution is 2.34. The second kappa shape index (κ2) is 8.34. The summed E-state index contributed by atoms with van der Waals surface area (Å²) < 4.78 is 26.9. The van der Waals surface area contributed by atoms with Crippen molar-refractivity contribution in [3.63, 3.8) is 0 Å². The Morgan fingerprint density at radius 2 is 1.89 bits per heavy atom. The van der Waals surface area contributed by atoms with Crippen molar-refractivity contribution in [3.8, 4) is 0 Å². The maximum Gasteiger partial charge on any atom is 0.244 e. The van der Waals surface area contributed by atoms with Gasteiger partial charge >= 0.3 is 0 Å². The molecule has 0 spiro atoms. The summed E-state index contributed by atoms with van der Waals surface area (Å²) in [7, 11) is -3.44. The average Bonchev–Trinajstić information content (AvgIpc) is 3.18. The Hall–Kier alpha value is -1.35. The van der Waals surface area contributed by atoms with Crippen LogP contribution in [-0.2, 0) is 16.6 Å². The summed E-state index contributed by atoms with van der Waals surface area (Å²) in [5.74, 6) is 0.652. The van der Waals surface area contributed by atoms with Crippen molar-refractivity contribution in [3.05, 3.63) is 40.6 Å². The zero-order valence-electron chi connectivity index (χ0n) is 15.5. The van der Waals surface area contributed by atoms with Crippen molar-refractivity contribution >= 4 is 21.4 Å². The zero-order chi connectivity index (χ0) is 18.7. The van der Waals surface area contributed by atoms with Crippen molar-refractivity contribution in [2.45, 2.75) is 49.5 Å². The average molecular weight is 407 g/mol. The van der Waals surface area contributed by atoms with Crippen LogP contribution >= 0.6 is 11.3 Å². The lowest BCUT2D eigenvalue weighted by Gasteiger charge is -2.33. The number of thiazole rings is 1. The standard InChI is InChI=1S/C19H26N4O2S2/c24-27(25,18-7-4-8-20-13-18)23-11-9-22(10-12-23)14-17-15-26-19(21-17)16-5-2-1-3-6-16/h4,7-8,13,15-16H,1-3,5-6,9-12,14H2. The van der Waals surface area contributed by atoms with Gasteiger partial charge in [0.05, 0.1) is 10.7 Å². The van der Waals surface area contributed by atoms with Gasteiger partial charge in [-0.05, 0) is 25.0 Å². The minimum atomic E-state index is -3.44. The number of piperazine rings is 1. The lowest BCUT2D eigenvalue weighted by molar-refractivity contribution is 0.180. The van der Waals surface area contributed by atoms with Crippen molar-refractivity contribution in [1.82, 2.24) is 19.2 Å². The topological polar surface area (TPSA) is 66.4 Å². The van der Waals surface area contributed by atoms with Gasteiger partial charge in [0, 0.05) is 56.4 Å². The molecule has 0 radical (unpaired) electrons. The molecule has 0 unspecified atom stereocenters. The van der Waals surface area contributed by atoms with Crippen molar-refractivity contribution in [1.29, 1.82) is 0 Å². The molecule has 1 saturated heterocycles. The molecule has 1 saturated carbocycles. The van der Waals surface area contributed by atoms with Crippen LogP contribution in [0.2, 0.25) is 0 Å². The number of pyridine rings is 1. The largest absolute Gasteiger partial charge is 0.295 e. The SMILES string of the molecule is O=S(=O)(c1cccnc1)N1CCN(Cc2csc(C3CCCCC3)n2)CC1. The maximum absolute atomic E-state index is 12.7. The maximum atomic E-state index is 12.7. The normalized spacial score (nSPS) is 20.7. The molecule has 8 heteroatoms. The van der Waals surface area contributed by atoms with Crippen LogP contribution in [-0.4, -0.2) is 53.8 Å². The molecular formula is C19H26N4O2S2. The second-order valence-electron chi connectivity index (χ2n) is 7.38. The van der Waals surface area contributed by atoms with Crippen LogP contribution in [0, 0.1) is 0 Å². The Kier molecular flexibility index (Phi) is 5.87. The predicted molar refractivity (Wildman–Crippen MR) is 106 cm³/mol. The number of rotatable bonds is 5. The van der Waals surface area contributed by atoms with Crippen LogP contribution in [0.15, 0.2) is 34.8 Å². The van der Waals surface area contributed by atoms with E-state index in [0.29, 0.717) is 19.0 Å². The monoisotopic (exact) mass is 406 g/mol. The minimum absolute atomic E-state index is 0.273. The number of aromatic nitrogens is 2. The van der Waals surface area contributed by atoms with E-state index in [1.165, 1.54) is 43.3 Å². The van der Waals surface area contributed by atoms with E-state index >= 15 is 0 Å². The third kappa shape index (κ3) is 4.39. The molecule has 0 aromatic carbocycles. The highest BCUT2D eigenvalue weighted by molar-refractivity contribution is 7.89. The molecule has 1 aliphatic heterocycles. The lowest BCUT2D eigenvalue weighted by atomic mass is 9.90. The molecule has 2 aromatic rings. The fraction of sp³-hybridized carbons (Fsp3) is 0.579. The molecule has 3 heterocycles. The van der Waals surface area contributed by atoms with Gasteiger partial charge in [0.1, 0.15) is 4.90 Å². The van der Waals surface area contributed by atoms with Crippen LogP contribution in [0.3, 0.4) is 0 Å². The quantitative estimate of drug-likeness (QED) is 0.763. The van der Waals surface area contributed by atoms with Gasteiger partial charge in [0.2, 0.25) is 10.0 Å². The molecule has 27 heavy (non-hydrogen) atoms. The molecule has 0 amide bonds. The van der Waals surface area contributed by atoms with Gasteiger partial charge in [-0.25, -0.2) is 13.4 Å². The van der Waals surface area contributed by atoms with E-state index in [0.717, 1.165) is 25.3 Å². The molecule has 146 valence electrons. The summed E-state index contributed by atoms with van der Waals surface area (Å²) in [6, 6.07) is 3.27. The zero-order valence-corrected chi connectivity index (χ0v) is 17.1. The summed E-state index contributed by atoms with van der Waals surface area (Å²) in [5, 5.41) is 3.48. The fourth-order valence-corrected chi connectivity index (χ4v) is 6.31. The van der Waals surface area contributed by atoms with E-state index in [4.69, 9.17) is 4.98 Å². The van der Waals surface area contributed by atoms with E-state index in [1.54, 1.807) is 34.0 Å². The summed E-state index contributed by atoms with van der Waals surface area (Å²) in [6.07, 6.45) is 9.58. The number of sulfonamides is 1. The van der Waals surface area contributed by atoms with Gasteiger partial charge in [-0.15, -0.1) is 11.3 Å². The Bertz CT molecular complexity index is 840. The summed E-state index contributed by atoms with van der Waals surface area (Å²) in [5.41, 5.74) is 1.13. The third-order valence-electron chi connectivity index (χ3n) is 5.51. The molecule has 6 nitrogen and oxygen atoms in total. The predicted octanol–water partition coefficient (Wildman–Crippen LogP) is 3.09. The lowest BCUT2D eigenvalue weighted by Crippen LogP contribution is -2.48. The highest BCUT2D eigenvalue weighted by atomic mass is 32.2. The molecule has 2 fully saturated rings. The van der Waals surface area contributed by atoms with Gasteiger partial charge in [-0.2, -0.15) is 4.31 Å². The molecule has 0 N–H and O–H groups in total. The van der Waals surface area contributed by atoms with Gasteiger partial charge in [-0.3, -0.25) is 9.88 Å². The first-order valence-corrected chi connectivity index (χ1v) is 12.0. The third-order valence-corrected chi connectivity index (χ3v) is 8.45. The molecule has 0 bridgehead atoms. The van der Waals surface area contributed by atoms with Crippen molar-refractivity contribution < 1.29 is 8.42 Å². The number of hydrogen-bond donors (Lipinski definition) is 0. The van der Waals surface area contributed by atoms with Crippen LogP contribution in [0.4, 0.5) is 0 Å². The summed E-state index contributed by atoms with van der Waals surface area (Å²) in [4.78, 5) is 11.4. The first-order valence-electron chi connectivity index (χ1n) is 9.70. The Balaban J connectivity index is 1.33. The smallest absolute Gasteiger partial charge is 0.244 e. The van der Waals surface area contributed by atoms with Crippen molar-refractivity contribution in [2.75, 3.05) is 26.2 Å². The molecule has 1 aliphatic carbocycles. The van der Waals surface area contributed by atoms with Gasteiger partial charge < -0.3 is 0 Å². The summed E-state index contributed by atoms with van der Waals surface area (Å²) in [6.45, 7) is 3.29. The van der Waals surface area contributed by atoms with E-state index in [2.05, 4.69) is 15.3 Å². The minimum Gasteiger partial charge on any atom is -0.295 e. The Morgan fingerprint density at radius 1 is 1.11 bits per heavy atom. The van der Waals surface area contributed by atoms with Gasteiger partial charge in [0.25, 0.3) is 0 Å². The number of hydrogen-bond acceptors (Lipinski definition) is 6. The first-order chi connectivity index (χ1) is 13.1. The van der Waals surface area contributed by atoms with E-state index in [9.17, 15) is 8.42 Å². The van der Waals surface area contributed by atoms with E-state index in [-0.39, 0.29) is 4.90 Å². The molecule has 4 rings (SSSR count). The fourth-order valence-electron chi connectivity index (χ4n) is 3.94. The van der Waals surface area contributed by atoms with Crippen LogP contribution in [0.1, 0.15) is 48.7 Å². The highest BCUT2D eigenvalue weighted by Gasteiger charge is 2.29. The molecular weight excluding hydrogens is 380 g/mol. The molecule has 2 aromatic heterocycles. The summed E-state index contributed by atoms with van der Waals surface area (Å²) >= 11 is 1.80. The van der Waals surface area contributed by atoms with Crippen LogP contribution in [0.5, 0.6) is 0 Å². The van der Waals surface area contributed by atoms with Crippen LogP contribution < -0.4 is 0 Å².